The van der Waals surface area contributed by atoms with Crippen LogP contribution in [0, 0.1) is 0 Å². The van der Waals surface area contributed by atoms with Gasteiger partial charge in [0.1, 0.15) is 10.9 Å². The third-order valence-corrected chi connectivity index (χ3v) is 8.38. The molecular formula is C23H35O5P. The first-order valence-corrected chi connectivity index (χ1v) is 11.6. The van der Waals surface area contributed by atoms with Crippen LogP contribution in [0.4, 0.5) is 0 Å². The van der Waals surface area contributed by atoms with Gasteiger partial charge in [0, 0.05) is 19.8 Å². The molecule has 5 nitrogen and oxygen atoms in total. The van der Waals surface area contributed by atoms with Crippen molar-refractivity contribution in [3.05, 3.63) is 34.4 Å². The lowest BCUT2D eigenvalue weighted by Gasteiger charge is -2.30. The summed E-state index contributed by atoms with van der Waals surface area (Å²) in [5, 5.41) is -1.27. The highest BCUT2D eigenvalue weighted by Gasteiger charge is 2.47. The van der Waals surface area contributed by atoms with Gasteiger partial charge in [0.05, 0.1) is 7.11 Å². The lowest BCUT2D eigenvalue weighted by Crippen LogP contribution is -2.31. The van der Waals surface area contributed by atoms with Crippen molar-refractivity contribution in [3.63, 3.8) is 0 Å². The summed E-state index contributed by atoms with van der Waals surface area (Å²) in [6.07, 6.45) is 7.55. The second-order valence-electron chi connectivity index (χ2n) is 9.08. The van der Waals surface area contributed by atoms with E-state index in [9.17, 15) is 9.36 Å². The Morgan fingerprint density at radius 3 is 2.03 bits per heavy atom. The minimum absolute atomic E-state index is 0.0918. The van der Waals surface area contributed by atoms with Gasteiger partial charge < -0.3 is 13.8 Å². The van der Waals surface area contributed by atoms with Crippen LogP contribution in [-0.4, -0.2) is 32.3 Å². The molecule has 1 aliphatic carbocycles. The average molecular weight is 423 g/mol. The van der Waals surface area contributed by atoms with Crippen LogP contribution in [0.3, 0.4) is 0 Å². The highest BCUT2D eigenvalue weighted by Crippen LogP contribution is 2.59. The summed E-state index contributed by atoms with van der Waals surface area (Å²) in [4.78, 5) is 12.9. The Labute approximate surface area is 175 Å². The zero-order valence-corrected chi connectivity index (χ0v) is 19.9. The van der Waals surface area contributed by atoms with Crippen LogP contribution in [0.15, 0.2) is 12.1 Å². The van der Waals surface area contributed by atoms with Crippen LogP contribution in [0.2, 0.25) is 0 Å². The van der Waals surface area contributed by atoms with E-state index in [0.29, 0.717) is 0 Å². The second-order valence-corrected chi connectivity index (χ2v) is 11.9. The Balaban J connectivity index is 2.55. The quantitative estimate of drug-likeness (QED) is 0.415. The van der Waals surface area contributed by atoms with Gasteiger partial charge in [-0.25, -0.2) is 0 Å². The number of hydrogen-bond donors (Lipinski definition) is 0. The maximum Gasteiger partial charge on any atom is 0.343 e. The summed E-state index contributed by atoms with van der Waals surface area (Å²) in [6, 6.07) is 2.13. The number of ketones is 1. The molecule has 162 valence electrons. The number of fused-ring (bicyclic) bond motifs is 1. The maximum absolute atomic E-state index is 12.9. The summed E-state index contributed by atoms with van der Waals surface area (Å²) < 4.78 is 28.8. The fraction of sp³-hybridized carbons (Fsp3) is 0.609. The number of ether oxygens (including phenoxy) is 1. The molecule has 0 saturated heterocycles. The molecule has 0 unspecified atom stereocenters. The number of rotatable bonds is 7. The van der Waals surface area contributed by atoms with Gasteiger partial charge in [0.15, 0.2) is 5.78 Å². The Morgan fingerprint density at radius 1 is 1.00 bits per heavy atom. The van der Waals surface area contributed by atoms with E-state index in [1.54, 1.807) is 21.0 Å². The summed E-state index contributed by atoms with van der Waals surface area (Å²) in [5.41, 5.74) is 4.55. The van der Waals surface area contributed by atoms with Crippen LogP contribution in [0.25, 0.3) is 6.08 Å². The van der Waals surface area contributed by atoms with Crippen LogP contribution >= 0.6 is 7.60 Å². The van der Waals surface area contributed by atoms with Gasteiger partial charge in [0.2, 0.25) is 0 Å². The SMILES string of the molecule is COc1c(C(C)(C)C)cc(C=CC(=O)C(C)(C)P(=O)(OC)OC)c2c1CCCC2. The fourth-order valence-electron chi connectivity index (χ4n) is 3.92. The van der Waals surface area contributed by atoms with E-state index in [4.69, 9.17) is 13.8 Å². The zero-order chi connectivity index (χ0) is 22.0. The maximum atomic E-state index is 12.9. The van der Waals surface area contributed by atoms with Gasteiger partial charge in [-0.2, -0.15) is 0 Å². The molecule has 1 aromatic carbocycles. The summed E-state index contributed by atoms with van der Waals surface area (Å²) in [5.74, 6) is 0.682. The van der Waals surface area contributed by atoms with Crippen molar-refractivity contribution in [3.8, 4) is 5.75 Å². The van der Waals surface area contributed by atoms with Crippen molar-refractivity contribution in [2.24, 2.45) is 0 Å². The molecule has 1 aromatic rings. The molecule has 0 amide bonds. The summed E-state index contributed by atoms with van der Waals surface area (Å²) >= 11 is 0. The van der Waals surface area contributed by atoms with E-state index < -0.39 is 12.8 Å². The van der Waals surface area contributed by atoms with Gasteiger partial charge >= 0.3 is 7.60 Å². The second kappa shape index (κ2) is 8.75. The van der Waals surface area contributed by atoms with Gasteiger partial charge in [-0.1, -0.05) is 26.8 Å². The largest absolute Gasteiger partial charge is 0.496 e. The minimum Gasteiger partial charge on any atom is -0.496 e. The molecule has 6 heteroatoms. The van der Waals surface area contributed by atoms with E-state index in [1.807, 2.05) is 6.08 Å². The predicted octanol–water partition coefficient (Wildman–Crippen LogP) is 5.72. The van der Waals surface area contributed by atoms with Crippen molar-refractivity contribution in [2.75, 3.05) is 21.3 Å². The number of carbonyl (C=O) groups is 1. The van der Waals surface area contributed by atoms with Crippen LogP contribution in [0.1, 0.15) is 69.7 Å². The number of methoxy groups -OCH3 is 1. The van der Waals surface area contributed by atoms with Crippen LogP contribution < -0.4 is 4.74 Å². The van der Waals surface area contributed by atoms with E-state index in [-0.39, 0.29) is 11.2 Å². The Hall–Kier alpha value is -1.42. The molecule has 1 aliphatic rings. The number of hydrogen-bond acceptors (Lipinski definition) is 5. The summed E-state index contributed by atoms with van der Waals surface area (Å²) in [7, 11) is 0.784. The first kappa shape index (κ1) is 23.9. The molecule has 0 fully saturated rings. The normalized spacial score (nSPS) is 15.4. The molecular weight excluding hydrogens is 387 g/mol. The van der Waals surface area contributed by atoms with Crippen molar-refractivity contribution in [1.82, 2.24) is 0 Å². The number of allylic oxidation sites excluding steroid dienone is 1. The zero-order valence-electron chi connectivity index (χ0n) is 19.0. The monoisotopic (exact) mass is 422 g/mol. The smallest absolute Gasteiger partial charge is 0.343 e. The first-order valence-electron chi connectivity index (χ1n) is 10.1. The molecule has 0 spiro atoms. The molecule has 0 heterocycles. The van der Waals surface area contributed by atoms with Crippen molar-refractivity contribution in [2.45, 2.75) is 70.9 Å². The Bertz CT molecular complexity index is 838. The lowest BCUT2D eigenvalue weighted by atomic mass is 9.78. The fourth-order valence-corrected chi connectivity index (χ4v) is 5.33. The van der Waals surface area contributed by atoms with E-state index in [1.165, 1.54) is 31.4 Å². The molecule has 0 bridgehead atoms. The Kier molecular flexibility index (Phi) is 7.20. The molecule has 0 N–H and O–H groups in total. The molecule has 0 atom stereocenters. The third kappa shape index (κ3) is 4.52. The highest BCUT2D eigenvalue weighted by molar-refractivity contribution is 7.56. The van der Waals surface area contributed by atoms with Gasteiger partial charge in [-0.15, -0.1) is 0 Å². The number of benzene rings is 1. The molecule has 29 heavy (non-hydrogen) atoms. The van der Waals surface area contributed by atoms with E-state index in [2.05, 4.69) is 26.8 Å². The van der Waals surface area contributed by atoms with Crippen molar-refractivity contribution >= 4 is 19.5 Å². The lowest BCUT2D eigenvalue weighted by molar-refractivity contribution is -0.116. The predicted molar refractivity (Wildman–Crippen MR) is 118 cm³/mol. The molecule has 0 aromatic heterocycles. The van der Waals surface area contributed by atoms with Crippen molar-refractivity contribution in [1.29, 1.82) is 0 Å². The molecule has 0 radical (unpaired) electrons. The molecule has 2 rings (SSSR count). The first-order chi connectivity index (χ1) is 13.4. The van der Waals surface area contributed by atoms with Gasteiger partial charge in [-0.3, -0.25) is 9.36 Å². The number of carbonyl (C=O) groups excluding carboxylic acids is 1. The Morgan fingerprint density at radius 2 is 1.55 bits per heavy atom. The average Bonchev–Trinajstić information content (AvgIpc) is 2.69. The molecule has 0 saturated carbocycles. The minimum atomic E-state index is -3.55. The van der Waals surface area contributed by atoms with Gasteiger partial charge in [-0.05, 0) is 73.8 Å². The molecule has 0 aliphatic heterocycles. The topological polar surface area (TPSA) is 61.8 Å². The third-order valence-electron chi connectivity index (χ3n) is 5.83. The van der Waals surface area contributed by atoms with Crippen LogP contribution in [-0.2, 0) is 36.7 Å². The standard InChI is InChI=1S/C23H35O5P/c1-22(2,3)19-15-16(17-11-9-10-12-18(17)21(19)26-6)13-14-20(24)23(4,5)29(25,27-7)28-8/h13-15H,9-12H2,1-8H3. The highest BCUT2D eigenvalue weighted by atomic mass is 31.2. The van der Waals surface area contributed by atoms with Crippen molar-refractivity contribution < 1.29 is 23.1 Å². The summed E-state index contributed by atoms with van der Waals surface area (Å²) in [6.45, 7) is 9.68. The van der Waals surface area contributed by atoms with Gasteiger partial charge in [0.25, 0.3) is 0 Å². The van der Waals surface area contributed by atoms with Crippen LogP contribution in [0.5, 0.6) is 5.75 Å². The van der Waals surface area contributed by atoms with E-state index in [0.717, 1.165) is 42.6 Å². The van der Waals surface area contributed by atoms with E-state index >= 15 is 0 Å².